The van der Waals surface area contributed by atoms with Crippen LogP contribution in [-0.2, 0) is 13.0 Å². The van der Waals surface area contributed by atoms with Crippen LogP contribution in [0.25, 0.3) is 0 Å². The van der Waals surface area contributed by atoms with Crippen LogP contribution in [0.1, 0.15) is 22.3 Å². The van der Waals surface area contributed by atoms with E-state index in [1.807, 2.05) is 12.4 Å². The fourth-order valence-corrected chi connectivity index (χ4v) is 2.12. The normalized spacial score (nSPS) is 10.6. The molecule has 0 aliphatic heterocycles. The smallest absolute Gasteiger partial charge is 0.0270 e. The van der Waals surface area contributed by atoms with E-state index in [4.69, 9.17) is 0 Å². The minimum absolute atomic E-state index is 0.948. The molecule has 0 aliphatic rings. The molecule has 0 atom stereocenters. The molecule has 0 radical (unpaired) electrons. The summed E-state index contributed by atoms with van der Waals surface area (Å²) in [6.07, 6.45) is 4.75. The summed E-state index contributed by atoms with van der Waals surface area (Å²) in [5.41, 5.74) is 5.49. The molecule has 0 fully saturated rings. The van der Waals surface area contributed by atoms with Gasteiger partial charge in [-0.25, -0.2) is 0 Å². The molecule has 1 aromatic carbocycles. The highest BCUT2D eigenvalue weighted by atomic mass is 14.8. The second-order valence-corrected chi connectivity index (χ2v) is 4.65. The van der Waals surface area contributed by atoms with Crippen LogP contribution in [0.15, 0.2) is 42.7 Å². The van der Waals surface area contributed by atoms with E-state index in [-0.39, 0.29) is 0 Å². The number of rotatable bonds is 5. The van der Waals surface area contributed by atoms with Gasteiger partial charge in [0.25, 0.3) is 0 Å². The van der Waals surface area contributed by atoms with Crippen molar-refractivity contribution in [3.63, 3.8) is 0 Å². The van der Waals surface area contributed by atoms with E-state index in [1.54, 1.807) is 0 Å². The number of nitrogens with one attached hydrogen (secondary N) is 1. The minimum Gasteiger partial charge on any atom is -0.312 e. The standard InChI is InChI=1S/C16H20N2/c1-13-4-3-5-14(2)16(13)12-18-11-8-15-6-9-17-10-7-15/h3-7,9-10,18H,8,11-12H2,1-2H3. The van der Waals surface area contributed by atoms with Gasteiger partial charge in [0.1, 0.15) is 0 Å². The number of benzene rings is 1. The Balaban J connectivity index is 1.82. The molecule has 2 nitrogen and oxygen atoms in total. The first-order valence-corrected chi connectivity index (χ1v) is 6.42. The molecule has 0 saturated heterocycles. The Bertz CT molecular complexity index is 471. The first kappa shape index (κ1) is 12.8. The molecule has 0 unspecified atom stereocenters. The van der Waals surface area contributed by atoms with E-state index >= 15 is 0 Å². The molecule has 2 aromatic rings. The molecule has 18 heavy (non-hydrogen) atoms. The topological polar surface area (TPSA) is 24.9 Å². The third kappa shape index (κ3) is 3.41. The van der Waals surface area contributed by atoms with Gasteiger partial charge in [-0.05, 0) is 61.2 Å². The van der Waals surface area contributed by atoms with Crippen molar-refractivity contribution in [1.29, 1.82) is 0 Å². The van der Waals surface area contributed by atoms with Gasteiger partial charge >= 0.3 is 0 Å². The molecular formula is C16H20N2. The van der Waals surface area contributed by atoms with Crippen LogP contribution in [0.5, 0.6) is 0 Å². The SMILES string of the molecule is Cc1cccc(C)c1CNCCc1ccncc1. The summed E-state index contributed by atoms with van der Waals surface area (Å²) >= 11 is 0. The van der Waals surface area contributed by atoms with E-state index < -0.39 is 0 Å². The van der Waals surface area contributed by atoms with Crippen LogP contribution >= 0.6 is 0 Å². The Morgan fingerprint density at radius 2 is 1.67 bits per heavy atom. The number of pyridine rings is 1. The van der Waals surface area contributed by atoms with Crippen molar-refractivity contribution in [3.8, 4) is 0 Å². The van der Waals surface area contributed by atoms with Crippen molar-refractivity contribution in [2.45, 2.75) is 26.8 Å². The molecule has 0 amide bonds. The van der Waals surface area contributed by atoms with Crippen molar-refractivity contribution < 1.29 is 0 Å². The van der Waals surface area contributed by atoms with Crippen LogP contribution in [-0.4, -0.2) is 11.5 Å². The fraction of sp³-hybridized carbons (Fsp3) is 0.312. The highest BCUT2D eigenvalue weighted by Crippen LogP contribution is 2.12. The Morgan fingerprint density at radius 3 is 2.33 bits per heavy atom. The van der Waals surface area contributed by atoms with E-state index in [0.29, 0.717) is 0 Å². The van der Waals surface area contributed by atoms with Gasteiger partial charge in [-0.1, -0.05) is 18.2 Å². The summed E-state index contributed by atoms with van der Waals surface area (Å²) in [6, 6.07) is 10.6. The van der Waals surface area contributed by atoms with Gasteiger partial charge in [0, 0.05) is 18.9 Å². The molecule has 1 N–H and O–H groups in total. The summed E-state index contributed by atoms with van der Waals surface area (Å²) < 4.78 is 0. The maximum atomic E-state index is 4.02. The largest absolute Gasteiger partial charge is 0.312 e. The van der Waals surface area contributed by atoms with Gasteiger partial charge in [-0.3, -0.25) is 4.98 Å². The van der Waals surface area contributed by atoms with Crippen molar-refractivity contribution in [2.24, 2.45) is 0 Å². The Labute approximate surface area is 109 Å². The van der Waals surface area contributed by atoms with Crippen molar-refractivity contribution >= 4 is 0 Å². The summed E-state index contributed by atoms with van der Waals surface area (Å²) in [5.74, 6) is 0. The first-order valence-electron chi connectivity index (χ1n) is 6.42. The number of aryl methyl sites for hydroxylation is 2. The van der Waals surface area contributed by atoms with E-state index in [1.165, 1.54) is 22.3 Å². The molecule has 94 valence electrons. The zero-order chi connectivity index (χ0) is 12.8. The first-order chi connectivity index (χ1) is 8.77. The maximum Gasteiger partial charge on any atom is 0.0270 e. The van der Waals surface area contributed by atoms with Gasteiger partial charge in [0.2, 0.25) is 0 Å². The zero-order valence-corrected chi connectivity index (χ0v) is 11.1. The second kappa shape index (κ2) is 6.31. The Morgan fingerprint density at radius 1 is 1.00 bits per heavy atom. The Kier molecular flexibility index (Phi) is 4.48. The lowest BCUT2D eigenvalue weighted by atomic mass is 10.0. The van der Waals surface area contributed by atoms with E-state index in [0.717, 1.165) is 19.5 Å². The summed E-state index contributed by atoms with van der Waals surface area (Å²) in [7, 11) is 0. The highest BCUT2D eigenvalue weighted by Gasteiger charge is 2.01. The summed E-state index contributed by atoms with van der Waals surface area (Å²) in [4.78, 5) is 4.02. The van der Waals surface area contributed by atoms with E-state index in [2.05, 4.69) is 54.5 Å². The number of nitrogens with zero attached hydrogens (tertiary/aromatic N) is 1. The van der Waals surface area contributed by atoms with Gasteiger partial charge in [-0.2, -0.15) is 0 Å². The molecule has 1 aromatic heterocycles. The third-order valence-corrected chi connectivity index (χ3v) is 3.29. The zero-order valence-electron chi connectivity index (χ0n) is 11.1. The Hall–Kier alpha value is -1.67. The average Bonchev–Trinajstić information content (AvgIpc) is 2.38. The molecule has 0 saturated carbocycles. The van der Waals surface area contributed by atoms with E-state index in [9.17, 15) is 0 Å². The van der Waals surface area contributed by atoms with Gasteiger partial charge < -0.3 is 5.32 Å². The van der Waals surface area contributed by atoms with Crippen molar-refractivity contribution in [3.05, 3.63) is 65.0 Å². The quantitative estimate of drug-likeness (QED) is 0.813. The summed E-state index contributed by atoms with van der Waals surface area (Å²) in [5, 5.41) is 3.51. The van der Waals surface area contributed by atoms with Crippen LogP contribution in [0.3, 0.4) is 0 Å². The number of hydrogen-bond donors (Lipinski definition) is 1. The monoisotopic (exact) mass is 240 g/mol. The number of hydrogen-bond acceptors (Lipinski definition) is 2. The molecule has 2 heteroatoms. The van der Waals surface area contributed by atoms with Crippen molar-refractivity contribution in [2.75, 3.05) is 6.54 Å². The van der Waals surface area contributed by atoms with Gasteiger partial charge in [-0.15, -0.1) is 0 Å². The van der Waals surface area contributed by atoms with Crippen LogP contribution in [0.2, 0.25) is 0 Å². The lowest BCUT2D eigenvalue weighted by Gasteiger charge is -2.10. The van der Waals surface area contributed by atoms with Gasteiger partial charge in [0.15, 0.2) is 0 Å². The third-order valence-electron chi connectivity index (χ3n) is 3.29. The molecule has 1 heterocycles. The molecule has 2 rings (SSSR count). The summed E-state index contributed by atoms with van der Waals surface area (Å²) in [6.45, 7) is 6.29. The number of aromatic nitrogens is 1. The lowest BCUT2D eigenvalue weighted by molar-refractivity contribution is 0.682. The minimum atomic E-state index is 0.948. The molecule has 0 spiro atoms. The van der Waals surface area contributed by atoms with Gasteiger partial charge in [0.05, 0.1) is 0 Å². The van der Waals surface area contributed by atoms with Crippen molar-refractivity contribution in [1.82, 2.24) is 10.3 Å². The fourth-order valence-electron chi connectivity index (χ4n) is 2.12. The predicted molar refractivity (Wildman–Crippen MR) is 75.6 cm³/mol. The average molecular weight is 240 g/mol. The predicted octanol–water partition coefficient (Wildman–Crippen LogP) is 3.03. The van der Waals surface area contributed by atoms with Crippen LogP contribution in [0.4, 0.5) is 0 Å². The molecule has 0 aliphatic carbocycles. The highest BCUT2D eigenvalue weighted by molar-refractivity contribution is 5.33. The molecular weight excluding hydrogens is 220 g/mol. The molecule has 0 bridgehead atoms. The van der Waals surface area contributed by atoms with Crippen LogP contribution in [0, 0.1) is 13.8 Å². The van der Waals surface area contributed by atoms with Crippen LogP contribution < -0.4 is 5.32 Å². The second-order valence-electron chi connectivity index (χ2n) is 4.65. The lowest BCUT2D eigenvalue weighted by Crippen LogP contribution is -2.18. The maximum absolute atomic E-state index is 4.02.